The van der Waals surface area contributed by atoms with Crippen LogP contribution in [0.15, 0.2) is 0 Å². The molecule has 1 rings (SSSR count). The Labute approximate surface area is 108 Å². The van der Waals surface area contributed by atoms with Crippen LogP contribution in [0, 0.1) is 0 Å². The summed E-state index contributed by atoms with van der Waals surface area (Å²) < 4.78 is 22.8. The molecule has 100 valence electrons. The molecule has 1 atom stereocenters. The number of thioether (sulfide) groups is 1. The summed E-state index contributed by atoms with van der Waals surface area (Å²) in [6.07, 6.45) is 0.515. The number of sulfone groups is 1. The maximum Gasteiger partial charge on any atom is 0.230 e. The number of amides is 1. The summed E-state index contributed by atoms with van der Waals surface area (Å²) in [6, 6.07) is 0. The van der Waals surface area contributed by atoms with Gasteiger partial charge in [0.05, 0.1) is 22.8 Å². The first kappa shape index (κ1) is 14.8. The predicted octanol–water partition coefficient (Wildman–Crippen LogP) is 1.21. The summed E-state index contributed by atoms with van der Waals surface area (Å²) in [5.41, 5.74) is -0.575. The average Bonchev–Trinajstić information content (AvgIpc) is 2.36. The lowest BCUT2D eigenvalue weighted by Gasteiger charge is -2.25. The lowest BCUT2D eigenvalue weighted by Crippen LogP contribution is -2.47. The van der Waals surface area contributed by atoms with E-state index in [1.165, 1.54) is 0 Å². The van der Waals surface area contributed by atoms with E-state index in [2.05, 4.69) is 5.32 Å². The number of hydrogen-bond acceptors (Lipinski definition) is 4. The number of rotatable bonds is 3. The van der Waals surface area contributed by atoms with E-state index in [0.29, 0.717) is 12.2 Å². The molecule has 1 aliphatic heterocycles. The maximum atomic E-state index is 11.7. The monoisotopic (exact) mass is 279 g/mol. The Bertz CT molecular complexity index is 397. The molecule has 1 fully saturated rings. The van der Waals surface area contributed by atoms with Gasteiger partial charge in [-0.1, -0.05) is 20.8 Å². The van der Waals surface area contributed by atoms with Crippen LogP contribution in [0.3, 0.4) is 0 Å². The Morgan fingerprint density at radius 3 is 2.41 bits per heavy atom. The van der Waals surface area contributed by atoms with E-state index in [-0.39, 0.29) is 22.2 Å². The number of hydrogen-bond donors (Lipinski definition) is 1. The Balaban J connectivity index is 2.47. The molecule has 0 radical (unpaired) electrons. The minimum atomic E-state index is -2.96. The van der Waals surface area contributed by atoms with Crippen molar-refractivity contribution < 1.29 is 13.2 Å². The fourth-order valence-corrected chi connectivity index (χ4v) is 4.49. The Morgan fingerprint density at radius 1 is 1.41 bits per heavy atom. The van der Waals surface area contributed by atoms with Crippen molar-refractivity contribution in [2.75, 3.05) is 17.3 Å². The van der Waals surface area contributed by atoms with Gasteiger partial charge in [0.25, 0.3) is 0 Å². The Morgan fingerprint density at radius 2 is 2.00 bits per heavy atom. The molecule has 0 aromatic carbocycles. The van der Waals surface area contributed by atoms with E-state index in [9.17, 15) is 13.2 Å². The van der Waals surface area contributed by atoms with Crippen molar-refractivity contribution in [2.45, 2.75) is 44.4 Å². The zero-order chi connectivity index (χ0) is 13.3. The first-order valence-corrected chi connectivity index (χ1v) is 8.48. The molecule has 1 heterocycles. The second kappa shape index (κ2) is 4.80. The fourth-order valence-electron chi connectivity index (χ4n) is 1.76. The van der Waals surface area contributed by atoms with Crippen molar-refractivity contribution in [2.24, 2.45) is 0 Å². The van der Waals surface area contributed by atoms with Gasteiger partial charge >= 0.3 is 0 Å². The number of carbonyl (C=O) groups is 1. The van der Waals surface area contributed by atoms with E-state index in [1.54, 1.807) is 18.7 Å². The van der Waals surface area contributed by atoms with Crippen LogP contribution in [0.25, 0.3) is 0 Å². The van der Waals surface area contributed by atoms with Gasteiger partial charge in [0.2, 0.25) is 5.91 Å². The SMILES string of the molecule is CC(C)(C)SCC(=O)N[C@]1(C)CCS(=O)(=O)C1. The summed E-state index contributed by atoms with van der Waals surface area (Å²) >= 11 is 1.56. The Kier molecular flexibility index (Phi) is 4.19. The topological polar surface area (TPSA) is 63.2 Å². The molecule has 0 aromatic heterocycles. The molecule has 0 spiro atoms. The molecule has 17 heavy (non-hydrogen) atoms. The standard InChI is InChI=1S/C11H21NO3S2/c1-10(2,3)16-7-9(13)12-11(4)5-6-17(14,15)8-11/h5-8H2,1-4H3,(H,12,13)/t11-/m1/s1. The highest BCUT2D eigenvalue weighted by Crippen LogP contribution is 2.25. The first-order valence-electron chi connectivity index (χ1n) is 5.67. The lowest BCUT2D eigenvalue weighted by molar-refractivity contribution is -0.120. The van der Waals surface area contributed by atoms with Gasteiger partial charge in [-0.25, -0.2) is 8.42 Å². The third-order valence-electron chi connectivity index (χ3n) is 2.58. The summed E-state index contributed by atoms with van der Waals surface area (Å²) in [4.78, 5) is 11.7. The van der Waals surface area contributed by atoms with Crippen molar-refractivity contribution in [3.05, 3.63) is 0 Å². The summed E-state index contributed by atoms with van der Waals surface area (Å²) in [5, 5.41) is 2.84. The van der Waals surface area contributed by atoms with Crippen molar-refractivity contribution in [1.29, 1.82) is 0 Å². The van der Waals surface area contributed by atoms with Crippen LogP contribution in [0.1, 0.15) is 34.1 Å². The average molecular weight is 279 g/mol. The van der Waals surface area contributed by atoms with E-state index >= 15 is 0 Å². The van der Waals surface area contributed by atoms with E-state index in [0.717, 1.165) is 0 Å². The quantitative estimate of drug-likeness (QED) is 0.843. The van der Waals surface area contributed by atoms with Gasteiger partial charge in [-0.05, 0) is 13.3 Å². The van der Waals surface area contributed by atoms with Crippen LogP contribution in [-0.2, 0) is 14.6 Å². The highest BCUT2D eigenvalue weighted by atomic mass is 32.2. The first-order chi connectivity index (χ1) is 7.52. The van der Waals surface area contributed by atoms with E-state index in [1.807, 2.05) is 20.8 Å². The van der Waals surface area contributed by atoms with Gasteiger partial charge in [0.15, 0.2) is 9.84 Å². The van der Waals surface area contributed by atoms with Crippen LogP contribution in [-0.4, -0.2) is 41.9 Å². The zero-order valence-corrected chi connectivity index (χ0v) is 12.5. The van der Waals surface area contributed by atoms with Crippen LogP contribution in [0.5, 0.6) is 0 Å². The third-order valence-corrected chi connectivity index (χ3v) is 5.76. The summed E-state index contributed by atoms with van der Waals surface area (Å²) in [5.74, 6) is 0.533. The molecular weight excluding hydrogens is 258 g/mol. The van der Waals surface area contributed by atoms with E-state index in [4.69, 9.17) is 0 Å². The highest BCUT2D eigenvalue weighted by molar-refractivity contribution is 8.01. The molecule has 1 aliphatic rings. The minimum Gasteiger partial charge on any atom is -0.349 e. The lowest BCUT2D eigenvalue weighted by atomic mass is 10.0. The molecule has 1 amide bonds. The van der Waals surface area contributed by atoms with Crippen molar-refractivity contribution in [3.8, 4) is 0 Å². The normalized spacial score (nSPS) is 28.0. The molecule has 0 unspecified atom stereocenters. The van der Waals surface area contributed by atoms with Crippen molar-refractivity contribution in [1.82, 2.24) is 5.32 Å². The summed E-state index contributed by atoms with van der Waals surface area (Å²) in [6.45, 7) is 7.95. The second-order valence-electron chi connectivity index (χ2n) is 5.85. The van der Waals surface area contributed by atoms with Crippen LogP contribution >= 0.6 is 11.8 Å². The van der Waals surface area contributed by atoms with Gasteiger partial charge in [-0.15, -0.1) is 11.8 Å². The highest BCUT2D eigenvalue weighted by Gasteiger charge is 2.39. The molecular formula is C11H21NO3S2. The number of nitrogens with one attached hydrogen (secondary N) is 1. The molecule has 1 saturated heterocycles. The fraction of sp³-hybridized carbons (Fsp3) is 0.909. The van der Waals surface area contributed by atoms with Crippen LogP contribution in [0.4, 0.5) is 0 Å². The molecule has 0 aromatic rings. The van der Waals surface area contributed by atoms with Gasteiger partial charge < -0.3 is 5.32 Å². The van der Waals surface area contributed by atoms with Gasteiger partial charge in [-0.2, -0.15) is 0 Å². The molecule has 6 heteroatoms. The van der Waals surface area contributed by atoms with Crippen molar-refractivity contribution in [3.63, 3.8) is 0 Å². The summed E-state index contributed by atoms with van der Waals surface area (Å²) in [7, 11) is -2.96. The molecule has 4 nitrogen and oxygen atoms in total. The predicted molar refractivity (Wildman–Crippen MR) is 72.0 cm³/mol. The van der Waals surface area contributed by atoms with Gasteiger partial charge in [0, 0.05) is 4.75 Å². The van der Waals surface area contributed by atoms with Gasteiger partial charge in [0.1, 0.15) is 0 Å². The molecule has 0 bridgehead atoms. The third kappa shape index (κ3) is 5.29. The van der Waals surface area contributed by atoms with Crippen LogP contribution < -0.4 is 5.32 Å². The Hall–Kier alpha value is -0.230. The molecule has 1 N–H and O–H groups in total. The van der Waals surface area contributed by atoms with Crippen LogP contribution in [0.2, 0.25) is 0 Å². The maximum absolute atomic E-state index is 11.7. The zero-order valence-electron chi connectivity index (χ0n) is 10.9. The van der Waals surface area contributed by atoms with Crippen molar-refractivity contribution >= 4 is 27.5 Å². The smallest absolute Gasteiger partial charge is 0.230 e. The molecule has 0 saturated carbocycles. The largest absolute Gasteiger partial charge is 0.349 e. The number of carbonyl (C=O) groups excluding carboxylic acids is 1. The minimum absolute atomic E-state index is 0.0417. The van der Waals surface area contributed by atoms with Gasteiger partial charge in [-0.3, -0.25) is 4.79 Å². The molecule has 0 aliphatic carbocycles. The van der Waals surface area contributed by atoms with E-state index < -0.39 is 15.4 Å². The second-order valence-corrected chi connectivity index (χ2v) is 9.84.